The maximum Gasteiger partial charge on any atom is 0.124 e. The third-order valence-electron chi connectivity index (χ3n) is 4.18. The highest BCUT2D eigenvalue weighted by Gasteiger charge is 2.41. The summed E-state index contributed by atoms with van der Waals surface area (Å²) >= 11 is 0. The van der Waals surface area contributed by atoms with Crippen LogP contribution in [0.15, 0.2) is 12.1 Å². The largest absolute Gasteiger partial charge is 0.496 e. The molecule has 1 aromatic rings. The molecule has 1 atom stereocenters. The smallest absolute Gasteiger partial charge is 0.124 e. The molecular formula is C16H25NO2. The summed E-state index contributed by atoms with van der Waals surface area (Å²) in [7, 11) is 1.73. The van der Waals surface area contributed by atoms with Gasteiger partial charge in [0, 0.05) is 5.41 Å². The van der Waals surface area contributed by atoms with Gasteiger partial charge in [-0.05, 0) is 49.4 Å². The van der Waals surface area contributed by atoms with Crippen molar-refractivity contribution in [2.45, 2.75) is 32.6 Å². The normalized spacial score (nSPS) is 18.8. The summed E-state index contributed by atoms with van der Waals surface area (Å²) in [5.41, 5.74) is 9.70. The molecule has 0 saturated carbocycles. The van der Waals surface area contributed by atoms with Crippen LogP contribution in [0.3, 0.4) is 0 Å². The lowest BCUT2D eigenvalue weighted by atomic mass is 9.72. The van der Waals surface area contributed by atoms with E-state index >= 15 is 0 Å². The van der Waals surface area contributed by atoms with Gasteiger partial charge < -0.3 is 15.2 Å². The Morgan fingerprint density at radius 1 is 1.32 bits per heavy atom. The van der Waals surface area contributed by atoms with Crippen LogP contribution in [0.4, 0.5) is 0 Å². The minimum absolute atomic E-state index is 0.153. The highest BCUT2D eigenvalue weighted by atomic mass is 16.5. The fraction of sp³-hybridized carbons (Fsp3) is 0.625. The maximum atomic E-state index is 5.78. The van der Waals surface area contributed by atoms with Crippen molar-refractivity contribution in [3.05, 3.63) is 28.8 Å². The molecule has 1 aromatic carbocycles. The first-order chi connectivity index (χ1) is 9.02. The minimum Gasteiger partial charge on any atom is -0.496 e. The van der Waals surface area contributed by atoms with Gasteiger partial charge >= 0.3 is 0 Å². The van der Waals surface area contributed by atoms with Gasteiger partial charge in [0.25, 0.3) is 0 Å². The highest BCUT2D eigenvalue weighted by Crippen LogP contribution is 2.40. The Bertz CT molecular complexity index is 429. The molecule has 0 bridgehead atoms. The van der Waals surface area contributed by atoms with Crippen LogP contribution in [0.1, 0.15) is 30.0 Å². The second-order valence-corrected chi connectivity index (χ2v) is 5.96. The van der Waals surface area contributed by atoms with Gasteiger partial charge in [0.2, 0.25) is 0 Å². The summed E-state index contributed by atoms with van der Waals surface area (Å²) < 4.78 is 10.9. The fourth-order valence-electron chi connectivity index (χ4n) is 3.08. The molecule has 0 radical (unpaired) electrons. The van der Waals surface area contributed by atoms with Crippen LogP contribution in [0.5, 0.6) is 5.75 Å². The number of aryl methyl sites for hydroxylation is 2. The number of benzene rings is 1. The van der Waals surface area contributed by atoms with Crippen LogP contribution >= 0.6 is 0 Å². The van der Waals surface area contributed by atoms with E-state index in [2.05, 4.69) is 32.9 Å². The van der Waals surface area contributed by atoms with E-state index in [1.807, 2.05) is 0 Å². The third-order valence-corrected chi connectivity index (χ3v) is 4.18. The van der Waals surface area contributed by atoms with E-state index in [0.717, 1.165) is 31.9 Å². The van der Waals surface area contributed by atoms with Crippen LogP contribution in [0.2, 0.25) is 0 Å². The van der Waals surface area contributed by atoms with E-state index < -0.39 is 0 Å². The molecule has 2 rings (SSSR count). The second-order valence-electron chi connectivity index (χ2n) is 5.96. The van der Waals surface area contributed by atoms with Gasteiger partial charge in [-0.3, -0.25) is 0 Å². The standard InChI is InChI=1S/C16H25NO2/c1-11(8-17)7-16(9-19-10-16)14-5-12(2)15(18-4)13(3)6-14/h5-6,11H,7-10,17H2,1-4H3. The number of methoxy groups -OCH3 is 1. The van der Waals surface area contributed by atoms with Crippen molar-refractivity contribution in [3.63, 3.8) is 0 Å². The number of ether oxygens (including phenoxy) is 2. The van der Waals surface area contributed by atoms with Gasteiger partial charge in [-0.15, -0.1) is 0 Å². The van der Waals surface area contributed by atoms with Crippen molar-refractivity contribution in [1.29, 1.82) is 0 Å². The van der Waals surface area contributed by atoms with E-state index in [4.69, 9.17) is 15.2 Å². The molecule has 1 unspecified atom stereocenters. The van der Waals surface area contributed by atoms with Crippen molar-refractivity contribution in [3.8, 4) is 5.75 Å². The van der Waals surface area contributed by atoms with Crippen molar-refractivity contribution in [1.82, 2.24) is 0 Å². The van der Waals surface area contributed by atoms with Crippen molar-refractivity contribution in [2.24, 2.45) is 11.7 Å². The molecule has 0 amide bonds. The highest BCUT2D eigenvalue weighted by molar-refractivity contribution is 5.46. The molecule has 2 N–H and O–H groups in total. The molecule has 0 spiro atoms. The number of hydrogen-bond donors (Lipinski definition) is 1. The first kappa shape index (κ1) is 14.4. The van der Waals surface area contributed by atoms with E-state index in [1.54, 1.807) is 7.11 Å². The Labute approximate surface area is 116 Å². The lowest BCUT2D eigenvalue weighted by Gasteiger charge is -2.44. The van der Waals surface area contributed by atoms with Gasteiger partial charge in [-0.1, -0.05) is 19.1 Å². The summed E-state index contributed by atoms with van der Waals surface area (Å²) in [6, 6.07) is 4.50. The molecule has 1 aliphatic heterocycles. The first-order valence-corrected chi connectivity index (χ1v) is 6.96. The maximum absolute atomic E-state index is 5.78. The second kappa shape index (κ2) is 5.51. The predicted molar refractivity (Wildman–Crippen MR) is 77.8 cm³/mol. The van der Waals surface area contributed by atoms with Crippen LogP contribution < -0.4 is 10.5 Å². The summed E-state index contributed by atoms with van der Waals surface area (Å²) in [6.07, 6.45) is 1.09. The molecule has 3 nitrogen and oxygen atoms in total. The molecule has 1 aliphatic rings. The number of nitrogens with two attached hydrogens (primary N) is 1. The molecular weight excluding hydrogens is 238 g/mol. The zero-order valence-corrected chi connectivity index (χ0v) is 12.5. The third kappa shape index (κ3) is 2.63. The zero-order valence-electron chi connectivity index (χ0n) is 12.5. The molecule has 106 valence electrons. The summed E-state index contributed by atoms with van der Waals surface area (Å²) in [5.74, 6) is 1.51. The van der Waals surface area contributed by atoms with Gasteiger partial charge in [-0.2, -0.15) is 0 Å². The van der Waals surface area contributed by atoms with E-state index in [1.165, 1.54) is 16.7 Å². The molecule has 1 saturated heterocycles. The first-order valence-electron chi connectivity index (χ1n) is 6.96. The topological polar surface area (TPSA) is 44.5 Å². The quantitative estimate of drug-likeness (QED) is 0.888. The van der Waals surface area contributed by atoms with Crippen LogP contribution in [-0.4, -0.2) is 26.9 Å². The van der Waals surface area contributed by atoms with Crippen molar-refractivity contribution >= 4 is 0 Å². The van der Waals surface area contributed by atoms with Gasteiger partial charge in [-0.25, -0.2) is 0 Å². The summed E-state index contributed by atoms with van der Waals surface area (Å²) in [4.78, 5) is 0. The molecule has 0 aliphatic carbocycles. The number of rotatable bonds is 5. The van der Waals surface area contributed by atoms with Crippen LogP contribution in [0.25, 0.3) is 0 Å². The van der Waals surface area contributed by atoms with E-state index in [-0.39, 0.29) is 5.41 Å². The monoisotopic (exact) mass is 263 g/mol. The summed E-state index contributed by atoms with van der Waals surface area (Å²) in [6.45, 7) is 8.77. The average molecular weight is 263 g/mol. The Hall–Kier alpha value is -1.06. The van der Waals surface area contributed by atoms with Crippen molar-refractivity contribution < 1.29 is 9.47 Å². The Morgan fingerprint density at radius 3 is 2.26 bits per heavy atom. The SMILES string of the molecule is COc1c(C)cc(C2(CC(C)CN)COC2)cc1C. The summed E-state index contributed by atoms with van der Waals surface area (Å²) in [5, 5.41) is 0. The van der Waals surface area contributed by atoms with Crippen molar-refractivity contribution in [2.75, 3.05) is 26.9 Å². The molecule has 0 aromatic heterocycles. The lowest BCUT2D eigenvalue weighted by molar-refractivity contribution is -0.0702. The molecule has 3 heteroatoms. The Kier molecular flexibility index (Phi) is 4.16. The predicted octanol–water partition coefficient (Wildman–Crippen LogP) is 2.56. The van der Waals surface area contributed by atoms with E-state index in [9.17, 15) is 0 Å². The van der Waals surface area contributed by atoms with Gasteiger partial charge in [0.15, 0.2) is 0 Å². The zero-order chi connectivity index (χ0) is 14.0. The Morgan fingerprint density at radius 2 is 1.89 bits per heavy atom. The Balaban J connectivity index is 2.34. The molecule has 1 heterocycles. The van der Waals surface area contributed by atoms with Crippen LogP contribution in [-0.2, 0) is 10.2 Å². The minimum atomic E-state index is 0.153. The molecule has 19 heavy (non-hydrogen) atoms. The number of hydrogen-bond acceptors (Lipinski definition) is 3. The van der Waals surface area contributed by atoms with E-state index in [0.29, 0.717) is 5.92 Å². The molecule has 1 fully saturated rings. The lowest BCUT2D eigenvalue weighted by Crippen LogP contribution is -2.48. The fourth-order valence-corrected chi connectivity index (χ4v) is 3.08. The van der Waals surface area contributed by atoms with Gasteiger partial charge in [0.1, 0.15) is 5.75 Å². The van der Waals surface area contributed by atoms with Crippen LogP contribution in [0, 0.1) is 19.8 Å². The van der Waals surface area contributed by atoms with Gasteiger partial charge in [0.05, 0.1) is 20.3 Å². The average Bonchev–Trinajstić information content (AvgIpc) is 2.33.